The van der Waals surface area contributed by atoms with Crippen molar-refractivity contribution in [2.45, 2.75) is 52.7 Å². The van der Waals surface area contributed by atoms with E-state index in [-0.39, 0.29) is 17.5 Å². The number of carbonyl (C=O) groups is 1. The number of rotatable bonds is 8. The van der Waals surface area contributed by atoms with Gasteiger partial charge in [0.05, 0.1) is 12.5 Å². The van der Waals surface area contributed by atoms with Gasteiger partial charge in [0.25, 0.3) is 5.56 Å². The molecule has 0 saturated carbocycles. The lowest BCUT2D eigenvalue weighted by molar-refractivity contribution is -0.137. The summed E-state index contributed by atoms with van der Waals surface area (Å²) >= 11 is 0. The van der Waals surface area contributed by atoms with Crippen LogP contribution < -0.4 is 10.3 Å². The van der Waals surface area contributed by atoms with Gasteiger partial charge >= 0.3 is 0 Å². The number of fused-ring (bicyclic) bond motifs is 1. The van der Waals surface area contributed by atoms with Gasteiger partial charge in [0.1, 0.15) is 23.2 Å². The zero-order valence-electron chi connectivity index (χ0n) is 20.7. The van der Waals surface area contributed by atoms with Crippen LogP contribution in [-0.2, 0) is 11.3 Å². The molecule has 0 aliphatic carbocycles. The molecular weight excluding hydrogens is 444 g/mol. The molecule has 4 rings (SSSR count). The van der Waals surface area contributed by atoms with Crippen molar-refractivity contribution < 1.29 is 14.1 Å². The number of aryl methyl sites for hydroxylation is 1. The predicted molar refractivity (Wildman–Crippen MR) is 134 cm³/mol. The maximum atomic E-state index is 13.8. The summed E-state index contributed by atoms with van der Waals surface area (Å²) in [6.07, 6.45) is 0.397. The van der Waals surface area contributed by atoms with Crippen molar-refractivity contribution in [1.82, 2.24) is 19.8 Å². The Morgan fingerprint density at radius 3 is 2.40 bits per heavy atom. The smallest absolute Gasteiger partial charge is 0.297 e. The molecule has 35 heavy (non-hydrogen) atoms. The maximum absolute atomic E-state index is 13.8. The van der Waals surface area contributed by atoms with Gasteiger partial charge in [0, 0.05) is 18.2 Å². The largest absolute Gasteiger partial charge is 0.497 e. The van der Waals surface area contributed by atoms with Gasteiger partial charge in [-0.2, -0.15) is 5.10 Å². The van der Waals surface area contributed by atoms with Crippen molar-refractivity contribution in [1.29, 1.82) is 0 Å². The average Bonchev–Trinajstić information content (AvgIpc) is 3.26. The first-order valence-corrected chi connectivity index (χ1v) is 11.7. The van der Waals surface area contributed by atoms with Crippen LogP contribution in [0.25, 0.3) is 22.2 Å². The lowest BCUT2D eigenvalue weighted by Gasteiger charge is -2.31. The van der Waals surface area contributed by atoms with Gasteiger partial charge in [0.15, 0.2) is 5.52 Å². The Bertz CT molecular complexity index is 1370. The highest BCUT2D eigenvalue weighted by molar-refractivity contribution is 5.93. The monoisotopic (exact) mass is 474 g/mol. The first-order valence-electron chi connectivity index (χ1n) is 11.7. The predicted octanol–water partition coefficient (Wildman–Crippen LogP) is 4.76. The summed E-state index contributed by atoms with van der Waals surface area (Å²) in [4.78, 5) is 29.1. The highest BCUT2D eigenvalue weighted by Gasteiger charge is 2.30. The van der Waals surface area contributed by atoms with Gasteiger partial charge < -0.3 is 14.2 Å². The number of ether oxygens (including phenoxy) is 1. The molecule has 0 aliphatic rings. The van der Waals surface area contributed by atoms with Crippen LogP contribution in [0.4, 0.5) is 0 Å². The minimum Gasteiger partial charge on any atom is -0.497 e. The minimum atomic E-state index is -0.785. The number of benzene rings is 2. The molecule has 0 unspecified atom stereocenters. The molecule has 0 spiro atoms. The molecule has 1 amide bonds. The molecule has 2 aromatic carbocycles. The molecule has 8 heteroatoms. The summed E-state index contributed by atoms with van der Waals surface area (Å²) in [5, 5.41) is 9.29. The number of hydrogen-bond donors (Lipinski definition) is 0. The second-order valence-electron chi connectivity index (χ2n) is 8.76. The fourth-order valence-electron chi connectivity index (χ4n) is 4.21. The second-order valence-corrected chi connectivity index (χ2v) is 8.76. The standard InChI is InChI=1S/C27H30N4O4/c1-6-22(26(32)30(17(2)3)16-19-10-8-7-9-11-19)31-27(33)25-23(18(4)35-29-25)24(28-31)20-12-14-21(34-5)15-13-20/h7-15,17,22H,6,16H2,1-5H3/t22-/m0/s1. The van der Waals surface area contributed by atoms with Gasteiger partial charge in [-0.25, -0.2) is 4.68 Å². The fourth-order valence-corrected chi connectivity index (χ4v) is 4.21. The zero-order valence-corrected chi connectivity index (χ0v) is 20.7. The van der Waals surface area contributed by atoms with E-state index in [4.69, 9.17) is 14.4 Å². The van der Waals surface area contributed by atoms with Gasteiger partial charge in [-0.15, -0.1) is 0 Å². The van der Waals surface area contributed by atoms with Crippen molar-refractivity contribution in [3.63, 3.8) is 0 Å². The van der Waals surface area contributed by atoms with Crippen molar-refractivity contribution >= 4 is 16.8 Å². The lowest BCUT2D eigenvalue weighted by atomic mass is 10.1. The number of carbonyl (C=O) groups excluding carboxylic acids is 1. The highest BCUT2D eigenvalue weighted by Crippen LogP contribution is 2.30. The zero-order chi connectivity index (χ0) is 25.1. The molecule has 1 atom stereocenters. The Kier molecular flexibility index (Phi) is 7.00. The summed E-state index contributed by atoms with van der Waals surface area (Å²) in [5.41, 5.74) is 2.03. The van der Waals surface area contributed by atoms with Crippen LogP contribution in [0, 0.1) is 6.92 Å². The summed E-state index contributed by atoms with van der Waals surface area (Å²) < 4.78 is 11.9. The normalized spacial score (nSPS) is 12.2. The lowest BCUT2D eigenvalue weighted by Crippen LogP contribution is -2.44. The van der Waals surface area contributed by atoms with E-state index in [9.17, 15) is 9.59 Å². The van der Waals surface area contributed by atoms with E-state index in [1.165, 1.54) is 4.68 Å². The molecule has 0 radical (unpaired) electrons. The molecule has 2 heterocycles. The van der Waals surface area contributed by atoms with E-state index in [0.29, 0.717) is 35.6 Å². The molecule has 8 nitrogen and oxygen atoms in total. The third kappa shape index (κ3) is 4.69. The van der Waals surface area contributed by atoms with Crippen molar-refractivity contribution in [3.8, 4) is 17.0 Å². The Balaban J connectivity index is 1.82. The fraction of sp³-hybridized carbons (Fsp3) is 0.333. The maximum Gasteiger partial charge on any atom is 0.297 e. The molecule has 0 fully saturated rings. The SMILES string of the molecule is CC[C@@H](C(=O)N(Cc1ccccc1)C(C)C)n1nc(-c2ccc(OC)cc2)c2c(C)onc2c1=O. The van der Waals surface area contributed by atoms with Gasteiger partial charge in [-0.1, -0.05) is 42.4 Å². The molecule has 0 saturated heterocycles. The molecule has 0 bridgehead atoms. The Morgan fingerprint density at radius 1 is 1.11 bits per heavy atom. The van der Waals surface area contributed by atoms with E-state index in [1.54, 1.807) is 18.9 Å². The average molecular weight is 475 g/mol. The minimum absolute atomic E-state index is 0.0634. The van der Waals surface area contributed by atoms with Crippen molar-refractivity contribution in [2.24, 2.45) is 0 Å². The Hall–Kier alpha value is -3.94. The van der Waals surface area contributed by atoms with Crippen LogP contribution in [0.5, 0.6) is 5.75 Å². The van der Waals surface area contributed by atoms with E-state index in [2.05, 4.69) is 5.16 Å². The van der Waals surface area contributed by atoms with E-state index in [1.807, 2.05) is 75.4 Å². The van der Waals surface area contributed by atoms with Gasteiger partial charge in [-0.05, 0) is 57.0 Å². The summed E-state index contributed by atoms with van der Waals surface area (Å²) in [6.45, 7) is 8.01. The Morgan fingerprint density at radius 2 is 1.80 bits per heavy atom. The van der Waals surface area contributed by atoms with Crippen molar-refractivity contribution in [3.05, 3.63) is 76.3 Å². The third-order valence-electron chi connectivity index (χ3n) is 6.15. The molecule has 0 aliphatic heterocycles. The van der Waals surface area contributed by atoms with E-state index >= 15 is 0 Å². The van der Waals surface area contributed by atoms with Crippen LogP contribution in [0.3, 0.4) is 0 Å². The Labute approximate surface area is 204 Å². The summed E-state index contributed by atoms with van der Waals surface area (Å²) in [7, 11) is 1.60. The van der Waals surface area contributed by atoms with Gasteiger partial charge in [0.2, 0.25) is 5.91 Å². The highest BCUT2D eigenvalue weighted by atomic mass is 16.5. The van der Waals surface area contributed by atoms with Crippen LogP contribution in [0.1, 0.15) is 44.6 Å². The number of methoxy groups -OCH3 is 1. The molecule has 4 aromatic rings. The molecular formula is C27H30N4O4. The van der Waals surface area contributed by atoms with Crippen LogP contribution in [0.2, 0.25) is 0 Å². The molecule has 182 valence electrons. The number of nitrogens with zero attached hydrogens (tertiary/aromatic N) is 4. The van der Waals surface area contributed by atoms with E-state index in [0.717, 1.165) is 11.1 Å². The first kappa shape index (κ1) is 24.2. The van der Waals surface area contributed by atoms with E-state index < -0.39 is 11.6 Å². The topological polar surface area (TPSA) is 90.5 Å². The van der Waals surface area contributed by atoms with Crippen LogP contribution >= 0.6 is 0 Å². The summed E-state index contributed by atoms with van der Waals surface area (Å²) in [6, 6.07) is 16.3. The number of hydrogen-bond acceptors (Lipinski definition) is 6. The van der Waals surface area contributed by atoms with Crippen LogP contribution in [0.15, 0.2) is 63.9 Å². The van der Waals surface area contributed by atoms with Crippen LogP contribution in [-0.4, -0.2) is 38.9 Å². The number of aromatic nitrogens is 3. The molecule has 0 N–H and O–H groups in total. The molecule has 2 aromatic heterocycles. The summed E-state index contributed by atoms with van der Waals surface area (Å²) in [5.74, 6) is 1.03. The number of amides is 1. The van der Waals surface area contributed by atoms with Crippen molar-refractivity contribution in [2.75, 3.05) is 7.11 Å². The van der Waals surface area contributed by atoms with Gasteiger partial charge in [-0.3, -0.25) is 9.59 Å². The first-order chi connectivity index (χ1) is 16.8. The second kappa shape index (κ2) is 10.1. The quantitative estimate of drug-likeness (QED) is 0.366. The third-order valence-corrected chi connectivity index (χ3v) is 6.15.